The van der Waals surface area contributed by atoms with Crippen LogP contribution in [0.3, 0.4) is 0 Å². The van der Waals surface area contributed by atoms with Gasteiger partial charge in [-0.3, -0.25) is 4.79 Å². The van der Waals surface area contributed by atoms with Gasteiger partial charge in [-0.15, -0.1) is 0 Å². The van der Waals surface area contributed by atoms with E-state index in [2.05, 4.69) is 34.9 Å². The number of carbonyl (C=O) groups is 2. The Labute approximate surface area is 143 Å². The van der Waals surface area contributed by atoms with Gasteiger partial charge in [0, 0.05) is 19.1 Å². The van der Waals surface area contributed by atoms with Crippen LogP contribution in [0, 0.1) is 0 Å². The van der Waals surface area contributed by atoms with Gasteiger partial charge in [-0.2, -0.15) is 0 Å². The molecule has 0 aromatic heterocycles. The summed E-state index contributed by atoms with van der Waals surface area (Å²) in [6.45, 7) is 5.01. The number of benzene rings is 1. The van der Waals surface area contributed by atoms with E-state index in [-0.39, 0.29) is 24.0 Å². The zero-order valence-electron chi connectivity index (χ0n) is 14.5. The SMILES string of the molecule is CC(C)NC(=O)N1CCC[C@H]1C(=O)NCc1ccc(C2CC2)cc1. The molecule has 1 saturated heterocycles. The van der Waals surface area contributed by atoms with Crippen LogP contribution in [0.1, 0.15) is 56.6 Å². The molecular formula is C19H27N3O2. The molecule has 1 heterocycles. The van der Waals surface area contributed by atoms with Crippen molar-refractivity contribution >= 4 is 11.9 Å². The third-order valence-electron chi connectivity index (χ3n) is 4.72. The van der Waals surface area contributed by atoms with Crippen LogP contribution >= 0.6 is 0 Å². The van der Waals surface area contributed by atoms with Crippen molar-refractivity contribution in [2.45, 2.75) is 64.1 Å². The summed E-state index contributed by atoms with van der Waals surface area (Å²) in [5.74, 6) is 0.692. The molecule has 1 aliphatic carbocycles. The van der Waals surface area contributed by atoms with E-state index in [9.17, 15) is 9.59 Å². The molecule has 5 heteroatoms. The summed E-state index contributed by atoms with van der Waals surface area (Å²) in [5.41, 5.74) is 2.50. The lowest BCUT2D eigenvalue weighted by Gasteiger charge is -2.25. The molecule has 2 N–H and O–H groups in total. The summed E-state index contributed by atoms with van der Waals surface area (Å²) >= 11 is 0. The number of nitrogens with zero attached hydrogens (tertiary/aromatic N) is 1. The van der Waals surface area contributed by atoms with E-state index in [4.69, 9.17) is 0 Å². The predicted molar refractivity (Wildman–Crippen MR) is 93.7 cm³/mol. The average Bonchev–Trinajstić information content (AvgIpc) is 3.28. The number of likely N-dealkylation sites (tertiary alicyclic amines) is 1. The highest BCUT2D eigenvalue weighted by molar-refractivity contribution is 5.87. The third kappa shape index (κ3) is 4.08. The quantitative estimate of drug-likeness (QED) is 0.872. The minimum atomic E-state index is -0.352. The van der Waals surface area contributed by atoms with Gasteiger partial charge in [-0.1, -0.05) is 24.3 Å². The summed E-state index contributed by atoms with van der Waals surface area (Å²) in [6.07, 6.45) is 4.20. The van der Waals surface area contributed by atoms with Gasteiger partial charge in [0.2, 0.25) is 5.91 Å². The third-order valence-corrected chi connectivity index (χ3v) is 4.72. The zero-order valence-corrected chi connectivity index (χ0v) is 14.5. The molecule has 1 aromatic rings. The number of hydrogen-bond acceptors (Lipinski definition) is 2. The number of rotatable bonds is 5. The van der Waals surface area contributed by atoms with Gasteiger partial charge in [-0.05, 0) is 56.6 Å². The molecule has 1 aliphatic heterocycles. The summed E-state index contributed by atoms with van der Waals surface area (Å²) in [6, 6.07) is 8.09. The van der Waals surface area contributed by atoms with Crippen LogP contribution in [0.15, 0.2) is 24.3 Å². The molecule has 1 aromatic carbocycles. The van der Waals surface area contributed by atoms with Crippen LogP contribution in [0.4, 0.5) is 4.79 Å². The monoisotopic (exact) mass is 329 g/mol. The van der Waals surface area contributed by atoms with Crippen LogP contribution in [0.25, 0.3) is 0 Å². The largest absolute Gasteiger partial charge is 0.350 e. The molecule has 0 unspecified atom stereocenters. The summed E-state index contributed by atoms with van der Waals surface area (Å²) in [5, 5.41) is 5.86. The lowest BCUT2D eigenvalue weighted by Crippen LogP contribution is -2.50. The van der Waals surface area contributed by atoms with Crippen molar-refractivity contribution in [3.05, 3.63) is 35.4 Å². The Morgan fingerprint density at radius 3 is 2.50 bits per heavy atom. The molecule has 1 atom stereocenters. The van der Waals surface area contributed by atoms with Gasteiger partial charge in [-0.25, -0.2) is 4.79 Å². The lowest BCUT2D eigenvalue weighted by molar-refractivity contribution is -0.124. The van der Waals surface area contributed by atoms with Gasteiger partial charge in [0.05, 0.1) is 0 Å². The molecule has 5 nitrogen and oxygen atoms in total. The van der Waals surface area contributed by atoms with Crippen LogP contribution in [0.5, 0.6) is 0 Å². The van der Waals surface area contributed by atoms with Gasteiger partial charge < -0.3 is 15.5 Å². The molecule has 0 bridgehead atoms. The van der Waals surface area contributed by atoms with E-state index in [0.717, 1.165) is 24.3 Å². The first-order valence-electron chi connectivity index (χ1n) is 8.98. The topological polar surface area (TPSA) is 61.4 Å². The normalized spacial score (nSPS) is 20.3. The maximum Gasteiger partial charge on any atom is 0.318 e. The van der Waals surface area contributed by atoms with Crippen molar-refractivity contribution in [3.63, 3.8) is 0 Å². The average molecular weight is 329 g/mol. The molecule has 2 aliphatic rings. The standard InChI is InChI=1S/C19H27N3O2/c1-13(2)21-19(24)22-11-3-4-17(22)18(23)20-12-14-5-7-15(8-6-14)16-9-10-16/h5-8,13,16-17H,3-4,9-12H2,1-2H3,(H,20,23)(H,21,24)/t17-/m0/s1. The van der Waals surface area contributed by atoms with Crippen molar-refractivity contribution in [3.8, 4) is 0 Å². The van der Waals surface area contributed by atoms with Crippen LogP contribution in [0.2, 0.25) is 0 Å². The van der Waals surface area contributed by atoms with E-state index in [0.29, 0.717) is 13.1 Å². The number of carbonyl (C=O) groups excluding carboxylic acids is 2. The second-order valence-electron chi connectivity index (χ2n) is 7.19. The maximum atomic E-state index is 12.5. The molecule has 2 fully saturated rings. The number of hydrogen-bond donors (Lipinski definition) is 2. The minimum Gasteiger partial charge on any atom is -0.350 e. The number of amides is 3. The molecule has 24 heavy (non-hydrogen) atoms. The van der Waals surface area contributed by atoms with Gasteiger partial charge in [0.15, 0.2) is 0 Å². The maximum absolute atomic E-state index is 12.5. The highest BCUT2D eigenvalue weighted by atomic mass is 16.2. The fourth-order valence-electron chi connectivity index (χ4n) is 3.24. The Morgan fingerprint density at radius 2 is 1.88 bits per heavy atom. The van der Waals surface area contributed by atoms with E-state index in [1.54, 1.807) is 4.90 Å². The number of urea groups is 1. The van der Waals surface area contributed by atoms with Crippen LogP contribution in [-0.2, 0) is 11.3 Å². The Morgan fingerprint density at radius 1 is 1.17 bits per heavy atom. The van der Waals surface area contributed by atoms with Gasteiger partial charge in [0.1, 0.15) is 6.04 Å². The van der Waals surface area contributed by atoms with Crippen molar-refractivity contribution < 1.29 is 9.59 Å². The molecule has 0 spiro atoms. The second-order valence-corrected chi connectivity index (χ2v) is 7.19. The highest BCUT2D eigenvalue weighted by Gasteiger charge is 2.34. The van der Waals surface area contributed by atoms with Crippen molar-refractivity contribution in [2.24, 2.45) is 0 Å². The fourth-order valence-corrected chi connectivity index (χ4v) is 3.24. The van der Waals surface area contributed by atoms with E-state index in [1.165, 1.54) is 18.4 Å². The number of nitrogens with one attached hydrogen (secondary N) is 2. The minimum absolute atomic E-state index is 0.0577. The Bertz CT molecular complexity index is 593. The van der Waals surface area contributed by atoms with Crippen molar-refractivity contribution in [1.82, 2.24) is 15.5 Å². The van der Waals surface area contributed by atoms with Gasteiger partial charge >= 0.3 is 6.03 Å². The molecule has 1 saturated carbocycles. The second kappa shape index (κ2) is 7.24. The molecular weight excluding hydrogens is 302 g/mol. The Kier molecular flexibility index (Phi) is 5.07. The summed E-state index contributed by atoms with van der Waals surface area (Å²) < 4.78 is 0. The Balaban J connectivity index is 1.52. The van der Waals surface area contributed by atoms with Crippen LogP contribution in [-0.4, -0.2) is 35.5 Å². The smallest absolute Gasteiger partial charge is 0.318 e. The molecule has 3 rings (SSSR count). The molecule has 3 amide bonds. The molecule has 130 valence electrons. The molecule has 0 radical (unpaired) electrons. The lowest BCUT2D eigenvalue weighted by atomic mass is 10.1. The first-order chi connectivity index (χ1) is 11.5. The zero-order chi connectivity index (χ0) is 17.1. The first kappa shape index (κ1) is 16.8. The first-order valence-corrected chi connectivity index (χ1v) is 8.98. The predicted octanol–water partition coefficient (Wildman–Crippen LogP) is 2.76. The highest BCUT2D eigenvalue weighted by Crippen LogP contribution is 2.39. The van der Waals surface area contributed by atoms with Crippen LogP contribution < -0.4 is 10.6 Å². The fraction of sp³-hybridized carbons (Fsp3) is 0.579. The van der Waals surface area contributed by atoms with Gasteiger partial charge in [0.25, 0.3) is 0 Å². The van der Waals surface area contributed by atoms with E-state index < -0.39 is 0 Å². The van der Waals surface area contributed by atoms with Crippen molar-refractivity contribution in [2.75, 3.05) is 6.54 Å². The summed E-state index contributed by atoms with van der Waals surface area (Å²) in [4.78, 5) is 26.3. The van der Waals surface area contributed by atoms with E-state index >= 15 is 0 Å². The van der Waals surface area contributed by atoms with Crippen molar-refractivity contribution in [1.29, 1.82) is 0 Å². The summed E-state index contributed by atoms with van der Waals surface area (Å²) in [7, 11) is 0. The van der Waals surface area contributed by atoms with E-state index in [1.807, 2.05) is 13.8 Å². The Hall–Kier alpha value is -2.04.